The Morgan fingerprint density at radius 3 is 2.44 bits per heavy atom. The number of likely N-dealkylation sites (tertiary alicyclic amines) is 1. The van der Waals surface area contributed by atoms with Crippen LogP contribution >= 0.6 is 0 Å². The fourth-order valence-corrected chi connectivity index (χ4v) is 6.49. The molecule has 1 aromatic heterocycles. The predicted molar refractivity (Wildman–Crippen MR) is 158 cm³/mol. The molecule has 3 saturated heterocycles. The number of carboxylic acids is 1. The van der Waals surface area contributed by atoms with Gasteiger partial charge >= 0.3 is 12.0 Å². The number of benzene rings is 2. The second kappa shape index (κ2) is 12.7. The average molecular weight is 589 g/mol. The first-order valence-electron chi connectivity index (χ1n) is 15.0. The van der Waals surface area contributed by atoms with E-state index < -0.39 is 11.9 Å². The molecule has 226 valence electrons. The molecule has 1 atom stereocenters. The summed E-state index contributed by atoms with van der Waals surface area (Å²) in [4.78, 5) is 35.3. The molecule has 3 fully saturated rings. The van der Waals surface area contributed by atoms with E-state index in [4.69, 9.17) is 14.6 Å². The predicted octanol–water partition coefficient (Wildman–Crippen LogP) is 5.64. The van der Waals surface area contributed by atoms with Crippen molar-refractivity contribution in [1.29, 1.82) is 0 Å². The second-order valence-corrected chi connectivity index (χ2v) is 11.7. The summed E-state index contributed by atoms with van der Waals surface area (Å²) < 4.78 is 26.2. The molecule has 0 spiro atoms. The number of urea groups is 1. The number of hydrogen-bond acceptors (Lipinski definition) is 6. The number of aryl methyl sites for hydroxylation is 1. The molecule has 43 heavy (non-hydrogen) atoms. The minimum atomic E-state index is -1.03. The SMILES string of the molecule is Cc1cccc(C2CN(C3CCOCC3)C(=O)N2C2CCN(Cc3ccc(Oc4ccc(C(=O)O)cc4)nc3F)CC2)c1. The van der Waals surface area contributed by atoms with Crippen LogP contribution in [0.15, 0.2) is 60.7 Å². The highest BCUT2D eigenvalue weighted by Gasteiger charge is 2.45. The zero-order chi connectivity index (χ0) is 29.9. The van der Waals surface area contributed by atoms with Crippen LogP contribution in [0.5, 0.6) is 11.6 Å². The molecular weight excluding hydrogens is 551 g/mol. The fraction of sp³-hybridized carbons (Fsp3) is 0.424. The highest BCUT2D eigenvalue weighted by molar-refractivity contribution is 5.87. The fourth-order valence-electron chi connectivity index (χ4n) is 6.49. The van der Waals surface area contributed by atoms with Crippen molar-refractivity contribution in [2.75, 3.05) is 32.8 Å². The maximum Gasteiger partial charge on any atom is 0.335 e. The monoisotopic (exact) mass is 588 g/mol. The molecular formula is C33H37FN4O5. The van der Waals surface area contributed by atoms with E-state index in [1.807, 2.05) is 0 Å². The molecule has 1 unspecified atom stereocenters. The lowest BCUT2D eigenvalue weighted by Crippen LogP contribution is -2.48. The number of amides is 2. The Kier molecular flexibility index (Phi) is 8.58. The molecule has 6 rings (SSSR count). The molecule has 3 aliphatic rings. The third kappa shape index (κ3) is 6.50. The van der Waals surface area contributed by atoms with Crippen LogP contribution in [0.1, 0.15) is 58.8 Å². The molecule has 0 aliphatic carbocycles. The Balaban J connectivity index is 1.09. The van der Waals surface area contributed by atoms with E-state index in [2.05, 4.69) is 50.9 Å². The van der Waals surface area contributed by atoms with Gasteiger partial charge < -0.3 is 24.4 Å². The average Bonchev–Trinajstić information content (AvgIpc) is 3.36. The van der Waals surface area contributed by atoms with Gasteiger partial charge in [0.15, 0.2) is 0 Å². The van der Waals surface area contributed by atoms with E-state index >= 15 is 0 Å². The number of pyridine rings is 1. The summed E-state index contributed by atoms with van der Waals surface area (Å²) in [6.45, 7) is 6.09. The summed E-state index contributed by atoms with van der Waals surface area (Å²) in [6, 6.07) is 18.1. The lowest BCUT2D eigenvalue weighted by atomic mass is 9.98. The topological polar surface area (TPSA) is 95.4 Å². The van der Waals surface area contributed by atoms with Crippen LogP contribution < -0.4 is 4.74 Å². The van der Waals surface area contributed by atoms with Gasteiger partial charge in [-0.05, 0) is 68.5 Å². The van der Waals surface area contributed by atoms with Gasteiger partial charge in [-0.25, -0.2) is 9.59 Å². The molecule has 0 bridgehead atoms. The van der Waals surface area contributed by atoms with E-state index in [-0.39, 0.29) is 35.6 Å². The normalized spacial score (nSPS) is 20.5. The summed E-state index contributed by atoms with van der Waals surface area (Å²) in [5.41, 5.74) is 2.99. The molecule has 0 saturated carbocycles. The van der Waals surface area contributed by atoms with E-state index in [0.29, 0.717) is 37.6 Å². The van der Waals surface area contributed by atoms with Crippen molar-refractivity contribution < 1.29 is 28.6 Å². The van der Waals surface area contributed by atoms with Crippen molar-refractivity contribution >= 4 is 12.0 Å². The first-order chi connectivity index (χ1) is 20.9. The van der Waals surface area contributed by atoms with Gasteiger partial charge in [0.1, 0.15) is 5.75 Å². The van der Waals surface area contributed by atoms with E-state index in [9.17, 15) is 14.0 Å². The minimum absolute atomic E-state index is 0.0151. The summed E-state index contributed by atoms with van der Waals surface area (Å²) in [7, 11) is 0. The number of nitrogens with zero attached hydrogens (tertiary/aromatic N) is 4. The standard InChI is InChI=1S/C33H37FN4O5/c1-22-3-2-4-24(19-22)29-21-37(26-13-17-42-18-14-26)33(41)38(29)27-11-15-36(16-12-27)20-25-7-10-30(35-31(25)34)43-28-8-5-23(6-9-28)32(39)40/h2-10,19,26-27,29H,11-18,20-21H2,1H3,(H,39,40). The molecule has 2 amide bonds. The van der Waals surface area contributed by atoms with Gasteiger partial charge in [0, 0.05) is 63.1 Å². The van der Waals surface area contributed by atoms with Crippen molar-refractivity contribution in [2.24, 2.45) is 0 Å². The molecule has 4 heterocycles. The Hall–Kier alpha value is -4.02. The number of halogens is 1. The summed E-state index contributed by atoms with van der Waals surface area (Å²) in [5, 5.41) is 9.05. The molecule has 3 aromatic rings. The lowest BCUT2D eigenvalue weighted by molar-refractivity contribution is 0.0493. The Labute approximate surface area is 250 Å². The van der Waals surface area contributed by atoms with Crippen LogP contribution in [0.4, 0.5) is 9.18 Å². The maximum atomic E-state index is 15.0. The highest BCUT2D eigenvalue weighted by Crippen LogP contribution is 2.37. The molecule has 10 heteroatoms. The van der Waals surface area contributed by atoms with E-state index in [1.54, 1.807) is 12.1 Å². The van der Waals surface area contributed by atoms with Crippen LogP contribution in [0.25, 0.3) is 0 Å². The second-order valence-electron chi connectivity index (χ2n) is 11.7. The Morgan fingerprint density at radius 2 is 1.77 bits per heavy atom. The highest BCUT2D eigenvalue weighted by atomic mass is 19.1. The number of piperidine rings is 1. The summed E-state index contributed by atoms with van der Waals surface area (Å²) in [6.07, 6.45) is 3.38. The number of hydrogen-bond donors (Lipinski definition) is 1. The van der Waals surface area contributed by atoms with Gasteiger partial charge in [0.25, 0.3) is 0 Å². The molecule has 1 N–H and O–H groups in total. The summed E-state index contributed by atoms with van der Waals surface area (Å²) in [5.74, 6) is -1.14. The molecule has 2 aromatic carbocycles. The van der Waals surface area contributed by atoms with Crippen molar-refractivity contribution in [2.45, 2.75) is 57.3 Å². The van der Waals surface area contributed by atoms with Crippen molar-refractivity contribution in [3.8, 4) is 11.6 Å². The van der Waals surface area contributed by atoms with Crippen LogP contribution in [-0.4, -0.2) is 81.7 Å². The first kappa shape index (κ1) is 29.1. The van der Waals surface area contributed by atoms with E-state index in [0.717, 1.165) is 38.8 Å². The zero-order valence-electron chi connectivity index (χ0n) is 24.3. The molecule has 3 aliphatic heterocycles. The van der Waals surface area contributed by atoms with E-state index in [1.165, 1.54) is 35.4 Å². The van der Waals surface area contributed by atoms with Crippen molar-refractivity contribution in [3.63, 3.8) is 0 Å². The Bertz CT molecular complexity index is 1450. The number of aromatic nitrogens is 1. The molecule has 0 radical (unpaired) electrons. The number of aromatic carboxylic acids is 1. The van der Waals surface area contributed by atoms with Gasteiger partial charge in [-0.2, -0.15) is 9.37 Å². The van der Waals surface area contributed by atoms with Crippen LogP contribution in [0.3, 0.4) is 0 Å². The first-order valence-corrected chi connectivity index (χ1v) is 15.0. The van der Waals surface area contributed by atoms with Crippen molar-refractivity contribution in [1.82, 2.24) is 19.7 Å². The number of rotatable bonds is 8. The third-order valence-electron chi connectivity index (χ3n) is 8.80. The van der Waals surface area contributed by atoms with Crippen LogP contribution in [0.2, 0.25) is 0 Å². The number of carboxylic acid groups (broad SMARTS) is 1. The van der Waals surface area contributed by atoms with Crippen LogP contribution in [0, 0.1) is 12.9 Å². The number of ether oxygens (including phenoxy) is 2. The smallest absolute Gasteiger partial charge is 0.335 e. The van der Waals surface area contributed by atoms with Gasteiger partial charge in [0.05, 0.1) is 11.6 Å². The van der Waals surface area contributed by atoms with Gasteiger partial charge in [-0.3, -0.25) is 4.90 Å². The Morgan fingerprint density at radius 1 is 1.02 bits per heavy atom. The van der Waals surface area contributed by atoms with Crippen LogP contribution in [-0.2, 0) is 11.3 Å². The van der Waals surface area contributed by atoms with Gasteiger partial charge in [-0.1, -0.05) is 29.8 Å². The minimum Gasteiger partial charge on any atom is -0.478 e. The van der Waals surface area contributed by atoms with Crippen molar-refractivity contribution in [3.05, 3.63) is 88.9 Å². The largest absolute Gasteiger partial charge is 0.478 e. The maximum absolute atomic E-state index is 15.0. The number of carbonyl (C=O) groups is 2. The van der Waals surface area contributed by atoms with Gasteiger partial charge in [0.2, 0.25) is 11.8 Å². The summed E-state index contributed by atoms with van der Waals surface area (Å²) >= 11 is 0. The quantitative estimate of drug-likeness (QED) is 0.340. The number of carbonyl (C=O) groups excluding carboxylic acids is 1. The third-order valence-corrected chi connectivity index (χ3v) is 8.80. The zero-order valence-corrected chi connectivity index (χ0v) is 24.3. The molecule has 9 nitrogen and oxygen atoms in total. The lowest BCUT2D eigenvalue weighted by Gasteiger charge is -2.39. The van der Waals surface area contributed by atoms with Gasteiger partial charge in [-0.15, -0.1) is 0 Å².